The number of hydrogen-bond acceptors (Lipinski definition) is 6. The highest BCUT2D eigenvalue weighted by molar-refractivity contribution is 7.18. The quantitative estimate of drug-likeness (QED) is 0.899. The Balaban J connectivity index is 0.00000162. The van der Waals surface area contributed by atoms with Crippen LogP contribution in [0.1, 0.15) is 13.8 Å². The average molecular weight is 289 g/mol. The fourth-order valence-electron chi connectivity index (χ4n) is 1.03. The summed E-state index contributed by atoms with van der Waals surface area (Å²) in [4.78, 5) is 11.6. The minimum Gasteiger partial charge on any atom is -0.462 e. The Bertz CT molecular complexity index is 518. The number of carbonyl (C=O) groups is 1. The lowest BCUT2D eigenvalue weighted by Crippen LogP contribution is -2.45. The van der Waals surface area contributed by atoms with Crippen LogP contribution in [0.3, 0.4) is 0 Å². The molecule has 98 valence electrons. The summed E-state index contributed by atoms with van der Waals surface area (Å²) < 4.78 is 5.18. The minimum absolute atomic E-state index is 0. The van der Waals surface area contributed by atoms with E-state index in [2.05, 4.69) is 15.5 Å². The van der Waals surface area contributed by atoms with Gasteiger partial charge in [0, 0.05) is 0 Å². The summed E-state index contributed by atoms with van der Waals surface area (Å²) in [6.45, 7) is 3.24. The molecule has 0 spiro atoms. The van der Waals surface area contributed by atoms with Gasteiger partial charge in [-0.2, -0.15) is 0 Å². The summed E-state index contributed by atoms with van der Waals surface area (Å²) >= 11 is 1.23. The number of nitrogens with zero attached hydrogens (tertiary/aromatic N) is 2. The molecule has 8 heteroatoms. The van der Waals surface area contributed by atoms with E-state index in [1.807, 2.05) is 0 Å². The van der Waals surface area contributed by atoms with Gasteiger partial charge in [0.05, 0.1) is 11.8 Å². The van der Waals surface area contributed by atoms with Crippen LogP contribution in [0.5, 0.6) is 0 Å². The molecule has 2 aromatic heterocycles. The molecule has 0 unspecified atom stereocenters. The molecule has 0 bridgehead atoms. The van der Waals surface area contributed by atoms with Crippen LogP contribution in [0.4, 0.5) is 5.13 Å². The highest BCUT2D eigenvalue weighted by atomic mass is 35.5. The van der Waals surface area contributed by atoms with Crippen molar-refractivity contribution < 1.29 is 9.21 Å². The molecule has 0 aliphatic carbocycles. The van der Waals surface area contributed by atoms with Crippen LogP contribution in [0, 0.1) is 0 Å². The maximum atomic E-state index is 11.6. The van der Waals surface area contributed by atoms with E-state index in [9.17, 15) is 4.79 Å². The average Bonchev–Trinajstić information content (AvgIpc) is 2.83. The first-order valence-corrected chi connectivity index (χ1v) is 5.76. The fraction of sp³-hybridized carbons (Fsp3) is 0.300. The smallest absolute Gasteiger partial charge is 0.245 e. The second-order valence-electron chi connectivity index (χ2n) is 4.07. The molecule has 0 aliphatic heterocycles. The highest BCUT2D eigenvalue weighted by Crippen LogP contribution is 2.26. The first-order chi connectivity index (χ1) is 7.97. The van der Waals surface area contributed by atoms with Crippen LogP contribution in [0.25, 0.3) is 10.8 Å². The van der Waals surface area contributed by atoms with Gasteiger partial charge < -0.3 is 10.2 Å². The van der Waals surface area contributed by atoms with Crippen molar-refractivity contribution in [1.29, 1.82) is 0 Å². The monoisotopic (exact) mass is 288 g/mol. The minimum atomic E-state index is -0.948. The van der Waals surface area contributed by atoms with Crippen molar-refractivity contribution in [1.82, 2.24) is 10.2 Å². The Hall–Kier alpha value is -1.44. The van der Waals surface area contributed by atoms with Crippen LogP contribution >= 0.6 is 23.7 Å². The highest BCUT2D eigenvalue weighted by Gasteiger charge is 2.23. The first-order valence-electron chi connectivity index (χ1n) is 4.94. The molecule has 0 fully saturated rings. The third kappa shape index (κ3) is 3.28. The van der Waals surface area contributed by atoms with E-state index in [0.29, 0.717) is 15.9 Å². The molecule has 6 nitrogen and oxygen atoms in total. The third-order valence-electron chi connectivity index (χ3n) is 1.96. The van der Waals surface area contributed by atoms with Crippen LogP contribution in [-0.2, 0) is 4.79 Å². The second-order valence-corrected chi connectivity index (χ2v) is 5.04. The van der Waals surface area contributed by atoms with Gasteiger partial charge in [-0.1, -0.05) is 11.3 Å². The Labute approximate surface area is 114 Å². The van der Waals surface area contributed by atoms with E-state index in [0.717, 1.165) is 0 Å². The van der Waals surface area contributed by atoms with Crippen LogP contribution < -0.4 is 11.1 Å². The molecule has 1 amide bonds. The number of nitrogens with one attached hydrogen (secondary N) is 1. The Morgan fingerprint density at radius 3 is 2.78 bits per heavy atom. The van der Waals surface area contributed by atoms with Crippen molar-refractivity contribution in [2.75, 3.05) is 5.32 Å². The number of anilines is 1. The van der Waals surface area contributed by atoms with Gasteiger partial charge in [0.2, 0.25) is 11.0 Å². The largest absolute Gasteiger partial charge is 0.462 e. The van der Waals surface area contributed by atoms with Crippen molar-refractivity contribution in [2.24, 2.45) is 5.73 Å². The lowest BCUT2D eigenvalue weighted by molar-refractivity contribution is -0.120. The summed E-state index contributed by atoms with van der Waals surface area (Å²) in [5.41, 5.74) is 4.71. The number of halogens is 1. The number of furan rings is 1. The molecule has 18 heavy (non-hydrogen) atoms. The molecule has 2 heterocycles. The summed E-state index contributed by atoms with van der Waals surface area (Å²) in [7, 11) is 0. The molecule has 0 saturated carbocycles. The number of rotatable bonds is 3. The van der Waals surface area contributed by atoms with Gasteiger partial charge in [-0.25, -0.2) is 0 Å². The molecule has 0 radical (unpaired) electrons. The van der Waals surface area contributed by atoms with Crippen LogP contribution in [-0.4, -0.2) is 21.6 Å². The van der Waals surface area contributed by atoms with Gasteiger partial charge in [-0.15, -0.1) is 22.6 Å². The standard InChI is InChI=1S/C10H12N4O2S.ClH/c1-10(2,11)8(15)12-9-14-13-7(17-9)6-4-3-5-16-6;/h3-5H,11H2,1-2H3,(H,12,14,15);1H. The number of hydrogen-bond donors (Lipinski definition) is 2. The molecule has 3 N–H and O–H groups in total. The molecule has 0 saturated heterocycles. The lowest BCUT2D eigenvalue weighted by Gasteiger charge is -2.15. The summed E-state index contributed by atoms with van der Waals surface area (Å²) in [6, 6.07) is 3.54. The van der Waals surface area contributed by atoms with Crippen molar-refractivity contribution >= 4 is 34.8 Å². The van der Waals surface area contributed by atoms with Gasteiger partial charge in [0.1, 0.15) is 0 Å². The predicted molar refractivity (Wildman–Crippen MR) is 71.8 cm³/mol. The third-order valence-corrected chi connectivity index (χ3v) is 2.82. The van der Waals surface area contributed by atoms with E-state index < -0.39 is 5.54 Å². The second kappa shape index (κ2) is 5.47. The summed E-state index contributed by atoms with van der Waals surface area (Å²) in [5.74, 6) is 0.314. The Kier molecular flexibility index (Phi) is 4.44. The zero-order valence-corrected chi connectivity index (χ0v) is 11.5. The molecule has 2 aromatic rings. The van der Waals surface area contributed by atoms with Crippen LogP contribution in [0.15, 0.2) is 22.8 Å². The maximum absolute atomic E-state index is 11.6. The Morgan fingerprint density at radius 1 is 1.50 bits per heavy atom. The molecule has 2 rings (SSSR count). The maximum Gasteiger partial charge on any atom is 0.245 e. The van der Waals surface area contributed by atoms with E-state index in [1.54, 1.807) is 32.2 Å². The number of amides is 1. The first kappa shape index (κ1) is 14.6. The van der Waals surface area contributed by atoms with Gasteiger partial charge in [0.25, 0.3) is 0 Å². The Morgan fingerprint density at radius 2 is 2.22 bits per heavy atom. The summed E-state index contributed by atoms with van der Waals surface area (Å²) in [5, 5.41) is 11.4. The van der Waals surface area contributed by atoms with Crippen molar-refractivity contribution in [2.45, 2.75) is 19.4 Å². The van der Waals surface area contributed by atoms with E-state index in [-0.39, 0.29) is 18.3 Å². The SMILES string of the molecule is CC(C)(N)C(=O)Nc1nnc(-c2ccco2)s1.Cl. The van der Waals surface area contributed by atoms with Crippen molar-refractivity contribution in [3.8, 4) is 10.8 Å². The molecule has 0 atom stereocenters. The zero-order chi connectivity index (χ0) is 12.5. The molecule has 0 aliphatic rings. The van der Waals surface area contributed by atoms with Crippen molar-refractivity contribution in [3.05, 3.63) is 18.4 Å². The number of aromatic nitrogens is 2. The normalized spacial score (nSPS) is 10.8. The van der Waals surface area contributed by atoms with Gasteiger partial charge in [-0.3, -0.25) is 10.1 Å². The lowest BCUT2D eigenvalue weighted by atomic mass is 10.1. The topological polar surface area (TPSA) is 94.0 Å². The van der Waals surface area contributed by atoms with E-state index >= 15 is 0 Å². The van der Waals surface area contributed by atoms with E-state index in [1.165, 1.54) is 11.3 Å². The molecular formula is C10H13ClN4O2S. The van der Waals surface area contributed by atoms with Gasteiger partial charge >= 0.3 is 0 Å². The van der Waals surface area contributed by atoms with E-state index in [4.69, 9.17) is 10.2 Å². The zero-order valence-electron chi connectivity index (χ0n) is 9.84. The van der Waals surface area contributed by atoms with Crippen LogP contribution in [0.2, 0.25) is 0 Å². The predicted octanol–water partition coefficient (Wildman–Crippen LogP) is 1.90. The molecule has 0 aromatic carbocycles. The fourth-order valence-corrected chi connectivity index (χ4v) is 1.74. The summed E-state index contributed by atoms with van der Waals surface area (Å²) in [6.07, 6.45) is 1.55. The number of carbonyl (C=O) groups excluding carboxylic acids is 1. The van der Waals surface area contributed by atoms with Gasteiger partial charge in [-0.05, 0) is 26.0 Å². The number of nitrogens with two attached hydrogens (primary N) is 1. The van der Waals surface area contributed by atoms with Crippen molar-refractivity contribution in [3.63, 3.8) is 0 Å². The van der Waals surface area contributed by atoms with Gasteiger partial charge in [0.15, 0.2) is 10.8 Å². The molecular weight excluding hydrogens is 276 g/mol.